The van der Waals surface area contributed by atoms with E-state index in [1.54, 1.807) is 56.3 Å². The molecular formula is C31H37FN10O3. The lowest BCUT2D eigenvalue weighted by Gasteiger charge is -2.21. The molecule has 0 bridgehead atoms. The van der Waals surface area contributed by atoms with Crippen LogP contribution in [0.5, 0.6) is 0 Å². The van der Waals surface area contributed by atoms with Gasteiger partial charge in [-0.05, 0) is 45.2 Å². The van der Waals surface area contributed by atoms with Gasteiger partial charge in [-0.2, -0.15) is 0 Å². The van der Waals surface area contributed by atoms with E-state index in [0.717, 1.165) is 24.2 Å². The predicted octanol–water partition coefficient (Wildman–Crippen LogP) is 3.44. The zero-order valence-corrected chi connectivity index (χ0v) is 25.9. The normalized spacial score (nSPS) is 18.2. The Kier molecular flexibility index (Phi) is 9.02. The molecule has 2 fully saturated rings. The van der Waals surface area contributed by atoms with Crippen LogP contribution in [-0.2, 0) is 20.1 Å². The second-order valence-corrected chi connectivity index (χ2v) is 11.6. The van der Waals surface area contributed by atoms with Gasteiger partial charge in [0.05, 0.1) is 17.4 Å². The van der Waals surface area contributed by atoms with Crippen molar-refractivity contribution in [3.8, 4) is 0 Å². The van der Waals surface area contributed by atoms with Crippen LogP contribution in [-0.4, -0.2) is 80.5 Å². The Bertz CT molecular complexity index is 1710. The second-order valence-electron chi connectivity index (χ2n) is 11.6. The number of likely N-dealkylation sites (N-methyl/N-ethyl adjacent to an activating group) is 1. The van der Waals surface area contributed by atoms with E-state index in [2.05, 4.69) is 30.6 Å². The zero-order chi connectivity index (χ0) is 32.3. The lowest BCUT2D eigenvalue weighted by Crippen LogP contribution is -2.36. The summed E-state index contributed by atoms with van der Waals surface area (Å²) in [6.07, 6.45) is 10.1. The maximum atomic E-state index is 15.0. The minimum atomic E-state index is -1.41. The van der Waals surface area contributed by atoms with Gasteiger partial charge in [0.25, 0.3) is 0 Å². The molecule has 236 valence electrons. The monoisotopic (exact) mass is 616 g/mol. The van der Waals surface area contributed by atoms with Crippen molar-refractivity contribution in [1.82, 2.24) is 34.2 Å². The van der Waals surface area contributed by atoms with Crippen molar-refractivity contribution < 1.29 is 18.8 Å². The van der Waals surface area contributed by atoms with Gasteiger partial charge >= 0.3 is 0 Å². The maximum Gasteiger partial charge on any atom is 0.242 e. The number of aldehydes is 1. The molecular weight excluding hydrogens is 579 g/mol. The van der Waals surface area contributed by atoms with Gasteiger partial charge in [-0.15, -0.1) is 0 Å². The Balaban J connectivity index is 0.000000277. The third-order valence-corrected chi connectivity index (χ3v) is 7.89. The molecule has 2 saturated carbocycles. The Morgan fingerprint density at radius 2 is 1.91 bits per heavy atom. The Morgan fingerprint density at radius 3 is 2.53 bits per heavy atom. The van der Waals surface area contributed by atoms with Crippen LogP contribution in [0.4, 0.5) is 21.7 Å². The predicted molar refractivity (Wildman–Crippen MR) is 167 cm³/mol. The number of imidazole rings is 1. The first-order chi connectivity index (χ1) is 21.5. The number of fused-ring (bicyclic) bond motifs is 1. The van der Waals surface area contributed by atoms with E-state index in [1.165, 1.54) is 16.1 Å². The number of alkyl halides is 1. The number of rotatable bonds is 11. The molecule has 2 amide bonds. The molecule has 4 aromatic heterocycles. The fourth-order valence-corrected chi connectivity index (χ4v) is 4.81. The second kappa shape index (κ2) is 12.9. The van der Waals surface area contributed by atoms with E-state index in [4.69, 9.17) is 4.98 Å². The average molecular weight is 617 g/mol. The van der Waals surface area contributed by atoms with Crippen LogP contribution in [0.25, 0.3) is 5.65 Å². The molecule has 6 rings (SSSR count). The lowest BCUT2D eigenvalue weighted by molar-refractivity contribution is -0.128. The highest BCUT2D eigenvalue weighted by Crippen LogP contribution is 2.50. The summed E-state index contributed by atoms with van der Waals surface area (Å²) in [5, 5.41) is 6.24. The zero-order valence-electron chi connectivity index (χ0n) is 25.9. The first kappa shape index (κ1) is 31.4. The smallest absolute Gasteiger partial charge is 0.242 e. The molecule has 13 nitrogen and oxygen atoms in total. The molecule has 4 heterocycles. The third-order valence-electron chi connectivity index (χ3n) is 7.89. The van der Waals surface area contributed by atoms with Crippen LogP contribution in [0.3, 0.4) is 0 Å². The molecule has 0 spiro atoms. The van der Waals surface area contributed by atoms with Crippen molar-refractivity contribution in [3.05, 3.63) is 65.9 Å². The first-order valence-corrected chi connectivity index (χ1v) is 14.7. The first-order valence-electron chi connectivity index (χ1n) is 14.7. The number of anilines is 3. The summed E-state index contributed by atoms with van der Waals surface area (Å²) in [6, 6.07) is 5.02. The minimum Gasteiger partial charge on any atom is -0.373 e. The number of halogens is 1. The van der Waals surface area contributed by atoms with E-state index >= 15 is 0 Å². The topological polar surface area (TPSA) is 151 Å². The van der Waals surface area contributed by atoms with Gasteiger partial charge in [0.15, 0.2) is 5.65 Å². The average Bonchev–Trinajstić information content (AvgIpc) is 3.95. The van der Waals surface area contributed by atoms with Crippen molar-refractivity contribution in [2.24, 2.45) is 5.92 Å². The van der Waals surface area contributed by atoms with Gasteiger partial charge in [0.1, 0.15) is 42.3 Å². The number of hydrogen-bond donors (Lipinski definition) is 2. The van der Waals surface area contributed by atoms with Crippen LogP contribution < -0.4 is 15.5 Å². The van der Waals surface area contributed by atoms with Crippen LogP contribution in [0, 0.1) is 12.8 Å². The molecule has 14 heteroatoms. The highest BCUT2D eigenvalue weighted by atomic mass is 19.1. The van der Waals surface area contributed by atoms with Crippen LogP contribution in [0.2, 0.25) is 0 Å². The quantitative estimate of drug-likeness (QED) is 0.240. The summed E-state index contributed by atoms with van der Waals surface area (Å²) in [7, 11) is 5.01. The van der Waals surface area contributed by atoms with Gasteiger partial charge in [-0.3, -0.25) is 9.59 Å². The van der Waals surface area contributed by atoms with Crippen LogP contribution >= 0.6 is 0 Å². The number of carbonyl (C=O) groups excluding carboxylic acids is 3. The van der Waals surface area contributed by atoms with E-state index in [0.29, 0.717) is 59.4 Å². The molecule has 45 heavy (non-hydrogen) atoms. The van der Waals surface area contributed by atoms with Gasteiger partial charge in [-0.1, -0.05) is 0 Å². The number of pyridine rings is 1. The van der Waals surface area contributed by atoms with Crippen LogP contribution in [0.1, 0.15) is 60.9 Å². The van der Waals surface area contributed by atoms with Crippen molar-refractivity contribution >= 4 is 41.6 Å². The molecule has 2 aliphatic carbocycles. The number of amides is 2. The number of aryl methyl sites for hydroxylation is 1. The molecule has 0 radical (unpaired) electrons. The maximum absolute atomic E-state index is 15.0. The summed E-state index contributed by atoms with van der Waals surface area (Å²) in [5.74, 6) is 2.33. The lowest BCUT2D eigenvalue weighted by atomic mass is 10.1. The van der Waals surface area contributed by atoms with Crippen molar-refractivity contribution in [3.63, 3.8) is 0 Å². The summed E-state index contributed by atoms with van der Waals surface area (Å²) in [6.45, 7) is 3.69. The highest BCUT2D eigenvalue weighted by molar-refractivity contribution is 5.92. The molecule has 3 atom stereocenters. The number of nitrogens with one attached hydrogen (secondary N) is 2. The standard InChI is InChI=1S/C22H27FN8O2.C9H10N2O/c1-14(27-19-8-18(24-2)25-12-26-19)16-10-30-9-15(22(23)5-6-22)7-17(21(30)28-16)31(13-32)11-20(33)29(3)4;1-6-2-3-10-9(11-6)8-4-7(8)5-12/h7-10,12-14H,5-6,11H2,1-4H3,(H2,24,25,26,27);2-3,5,7-8H,4H2,1H3/t14-;7?,8-/m10/s1. The van der Waals surface area contributed by atoms with Crippen LogP contribution in [0.15, 0.2) is 43.1 Å². The summed E-state index contributed by atoms with van der Waals surface area (Å²) in [4.78, 5) is 58.7. The van der Waals surface area contributed by atoms with Gasteiger partial charge in [-0.25, -0.2) is 29.3 Å². The van der Waals surface area contributed by atoms with Gasteiger partial charge in [0.2, 0.25) is 12.3 Å². The molecule has 0 aromatic carbocycles. The Labute approximate surface area is 260 Å². The fourth-order valence-electron chi connectivity index (χ4n) is 4.81. The number of aromatic nitrogens is 6. The minimum absolute atomic E-state index is 0.168. The van der Waals surface area contributed by atoms with Gasteiger partial charge < -0.3 is 29.6 Å². The number of hydrogen-bond acceptors (Lipinski definition) is 10. The van der Waals surface area contributed by atoms with E-state index in [1.807, 2.05) is 19.9 Å². The SMILES string of the molecule is CNc1cc(N[C@H](C)c2cn3cc(C4(F)CC4)cc(N(C=O)CC(=O)N(C)C)c3n2)ncn1.Cc1ccnc([C@H]2CC2C=O)n1. The summed E-state index contributed by atoms with van der Waals surface area (Å²) in [5.41, 5.74) is 1.54. The molecule has 4 aromatic rings. The summed E-state index contributed by atoms with van der Waals surface area (Å²) >= 11 is 0. The molecule has 2 N–H and O–H groups in total. The van der Waals surface area contributed by atoms with Crippen molar-refractivity contribution in [1.29, 1.82) is 0 Å². The van der Waals surface area contributed by atoms with Crippen molar-refractivity contribution in [2.75, 3.05) is 43.2 Å². The van der Waals surface area contributed by atoms with E-state index in [-0.39, 0.29) is 24.4 Å². The largest absolute Gasteiger partial charge is 0.373 e. The number of nitrogens with zero attached hydrogens (tertiary/aromatic N) is 8. The third kappa shape index (κ3) is 7.21. The highest BCUT2D eigenvalue weighted by Gasteiger charge is 2.46. The number of carbonyl (C=O) groups is 3. The molecule has 2 aliphatic rings. The molecule has 1 unspecified atom stereocenters. The van der Waals surface area contributed by atoms with E-state index < -0.39 is 5.67 Å². The molecule has 0 saturated heterocycles. The molecule has 0 aliphatic heterocycles. The Hall–Kier alpha value is -5.01. The van der Waals surface area contributed by atoms with E-state index in [9.17, 15) is 18.8 Å². The van der Waals surface area contributed by atoms with Gasteiger partial charge in [0, 0.05) is 68.9 Å². The van der Waals surface area contributed by atoms with Crippen molar-refractivity contribution in [2.45, 2.75) is 50.7 Å². The fraction of sp³-hybridized carbons (Fsp3) is 0.419. The Morgan fingerprint density at radius 1 is 1.16 bits per heavy atom. The summed E-state index contributed by atoms with van der Waals surface area (Å²) < 4.78 is 16.7.